The fourth-order valence-corrected chi connectivity index (χ4v) is 2.29. The van der Waals surface area contributed by atoms with Crippen LogP contribution >= 0.6 is 0 Å². The maximum Gasteiger partial charge on any atom is 0.246 e. The van der Waals surface area contributed by atoms with Crippen molar-refractivity contribution in [3.05, 3.63) is 29.7 Å². The SMILES string of the molecule is CNCC1CCN(C(=O)/C=C/c2ccc(C)o2)C1. The minimum absolute atomic E-state index is 0.0719. The molecule has 4 heteroatoms. The molecule has 1 N–H and O–H groups in total. The van der Waals surface area contributed by atoms with Gasteiger partial charge in [0.15, 0.2) is 0 Å². The highest BCUT2D eigenvalue weighted by Gasteiger charge is 2.24. The molecule has 0 aliphatic carbocycles. The van der Waals surface area contributed by atoms with Crippen LogP contribution in [0.4, 0.5) is 0 Å². The number of furan rings is 1. The van der Waals surface area contributed by atoms with Crippen LogP contribution in [0.5, 0.6) is 0 Å². The minimum Gasteiger partial charge on any atom is -0.462 e. The van der Waals surface area contributed by atoms with E-state index in [0.29, 0.717) is 5.92 Å². The van der Waals surface area contributed by atoms with Crippen molar-refractivity contribution in [1.29, 1.82) is 0 Å². The van der Waals surface area contributed by atoms with E-state index >= 15 is 0 Å². The van der Waals surface area contributed by atoms with E-state index in [1.807, 2.05) is 31.0 Å². The van der Waals surface area contributed by atoms with Gasteiger partial charge in [0, 0.05) is 19.2 Å². The van der Waals surface area contributed by atoms with Crippen LogP contribution in [0.15, 0.2) is 22.6 Å². The van der Waals surface area contributed by atoms with Crippen LogP contribution in [0.1, 0.15) is 17.9 Å². The number of aryl methyl sites for hydroxylation is 1. The average Bonchev–Trinajstić information content (AvgIpc) is 2.96. The lowest BCUT2D eigenvalue weighted by Gasteiger charge is -2.13. The quantitative estimate of drug-likeness (QED) is 0.824. The van der Waals surface area contributed by atoms with Crippen LogP contribution in [-0.4, -0.2) is 37.5 Å². The zero-order valence-corrected chi connectivity index (χ0v) is 11.0. The average molecular weight is 248 g/mol. The van der Waals surface area contributed by atoms with Gasteiger partial charge in [0.25, 0.3) is 0 Å². The van der Waals surface area contributed by atoms with Crippen molar-refractivity contribution in [2.45, 2.75) is 13.3 Å². The van der Waals surface area contributed by atoms with Gasteiger partial charge in [-0.25, -0.2) is 0 Å². The van der Waals surface area contributed by atoms with E-state index in [2.05, 4.69) is 5.32 Å². The molecule has 1 fully saturated rings. The van der Waals surface area contributed by atoms with E-state index in [9.17, 15) is 4.79 Å². The number of likely N-dealkylation sites (tertiary alicyclic amines) is 1. The van der Waals surface area contributed by atoms with Gasteiger partial charge < -0.3 is 14.6 Å². The fraction of sp³-hybridized carbons (Fsp3) is 0.500. The Balaban J connectivity index is 1.87. The number of nitrogens with zero attached hydrogens (tertiary/aromatic N) is 1. The van der Waals surface area contributed by atoms with Crippen molar-refractivity contribution in [2.24, 2.45) is 5.92 Å². The number of hydrogen-bond donors (Lipinski definition) is 1. The molecule has 98 valence electrons. The van der Waals surface area contributed by atoms with Crippen LogP contribution in [0.25, 0.3) is 6.08 Å². The normalized spacial score (nSPS) is 19.9. The first-order chi connectivity index (χ1) is 8.69. The molecule has 18 heavy (non-hydrogen) atoms. The van der Waals surface area contributed by atoms with E-state index in [1.165, 1.54) is 0 Å². The van der Waals surface area contributed by atoms with Gasteiger partial charge in [-0.15, -0.1) is 0 Å². The number of rotatable bonds is 4. The predicted molar refractivity (Wildman–Crippen MR) is 71.1 cm³/mol. The summed E-state index contributed by atoms with van der Waals surface area (Å²) in [5.41, 5.74) is 0. The Bertz CT molecular complexity index is 437. The summed E-state index contributed by atoms with van der Waals surface area (Å²) in [6.07, 6.45) is 4.42. The second-order valence-electron chi connectivity index (χ2n) is 4.78. The molecule has 4 nitrogen and oxygen atoms in total. The highest BCUT2D eigenvalue weighted by atomic mass is 16.3. The molecular weight excluding hydrogens is 228 g/mol. The molecule has 1 amide bonds. The summed E-state index contributed by atoms with van der Waals surface area (Å²) in [6, 6.07) is 3.76. The van der Waals surface area contributed by atoms with E-state index in [-0.39, 0.29) is 5.91 Å². The number of carbonyl (C=O) groups excluding carboxylic acids is 1. The molecule has 0 saturated carbocycles. The summed E-state index contributed by atoms with van der Waals surface area (Å²) >= 11 is 0. The lowest BCUT2D eigenvalue weighted by molar-refractivity contribution is -0.125. The van der Waals surface area contributed by atoms with Gasteiger partial charge in [0.2, 0.25) is 5.91 Å². The van der Waals surface area contributed by atoms with Gasteiger partial charge in [-0.1, -0.05) is 0 Å². The Hall–Kier alpha value is -1.55. The first-order valence-electron chi connectivity index (χ1n) is 6.37. The number of amides is 1. The molecule has 0 radical (unpaired) electrons. The van der Waals surface area contributed by atoms with Gasteiger partial charge in [-0.3, -0.25) is 4.79 Å². The Labute approximate surface area is 108 Å². The molecule has 1 saturated heterocycles. The van der Waals surface area contributed by atoms with Crippen LogP contribution in [0.3, 0.4) is 0 Å². The summed E-state index contributed by atoms with van der Waals surface area (Å²) < 4.78 is 5.39. The van der Waals surface area contributed by atoms with Gasteiger partial charge in [0.1, 0.15) is 11.5 Å². The maximum absolute atomic E-state index is 12.0. The molecule has 0 aromatic carbocycles. The summed E-state index contributed by atoms with van der Waals surface area (Å²) in [4.78, 5) is 13.8. The Morgan fingerprint density at radius 3 is 3.11 bits per heavy atom. The second kappa shape index (κ2) is 5.87. The van der Waals surface area contributed by atoms with E-state index in [1.54, 1.807) is 12.2 Å². The largest absolute Gasteiger partial charge is 0.462 e. The van der Waals surface area contributed by atoms with Crippen LogP contribution < -0.4 is 5.32 Å². The molecule has 2 rings (SSSR count). The smallest absolute Gasteiger partial charge is 0.246 e. The van der Waals surface area contributed by atoms with Gasteiger partial charge in [0.05, 0.1) is 0 Å². The Kier molecular flexibility index (Phi) is 4.20. The van der Waals surface area contributed by atoms with Crippen molar-refractivity contribution in [2.75, 3.05) is 26.7 Å². The van der Waals surface area contributed by atoms with Gasteiger partial charge >= 0.3 is 0 Å². The first-order valence-corrected chi connectivity index (χ1v) is 6.37. The monoisotopic (exact) mass is 248 g/mol. The van der Waals surface area contributed by atoms with E-state index in [0.717, 1.165) is 37.6 Å². The Morgan fingerprint density at radius 1 is 1.61 bits per heavy atom. The maximum atomic E-state index is 12.0. The zero-order chi connectivity index (χ0) is 13.0. The number of nitrogens with one attached hydrogen (secondary N) is 1. The summed E-state index contributed by atoms with van der Waals surface area (Å²) in [6.45, 7) is 4.57. The molecule has 1 aliphatic heterocycles. The third kappa shape index (κ3) is 3.23. The van der Waals surface area contributed by atoms with E-state index < -0.39 is 0 Å². The van der Waals surface area contributed by atoms with Crippen molar-refractivity contribution < 1.29 is 9.21 Å². The van der Waals surface area contributed by atoms with Crippen molar-refractivity contribution in [3.63, 3.8) is 0 Å². The molecule has 1 unspecified atom stereocenters. The van der Waals surface area contributed by atoms with Crippen LogP contribution in [0, 0.1) is 12.8 Å². The molecule has 0 bridgehead atoms. The molecule has 0 spiro atoms. The molecular formula is C14H20N2O2. The highest BCUT2D eigenvalue weighted by Crippen LogP contribution is 2.16. The molecule has 1 aromatic rings. The lowest BCUT2D eigenvalue weighted by Crippen LogP contribution is -2.28. The third-order valence-electron chi connectivity index (χ3n) is 3.24. The lowest BCUT2D eigenvalue weighted by atomic mass is 10.1. The molecule has 1 atom stereocenters. The topological polar surface area (TPSA) is 45.5 Å². The van der Waals surface area contributed by atoms with Crippen molar-refractivity contribution in [3.8, 4) is 0 Å². The van der Waals surface area contributed by atoms with E-state index in [4.69, 9.17) is 4.42 Å². The van der Waals surface area contributed by atoms with Crippen molar-refractivity contribution >= 4 is 12.0 Å². The summed E-state index contributed by atoms with van der Waals surface area (Å²) in [5, 5.41) is 3.16. The predicted octanol–water partition coefficient (Wildman–Crippen LogP) is 1.67. The highest BCUT2D eigenvalue weighted by molar-refractivity contribution is 5.91. The summed E-state index contributed by atoms with van der Waals surface area (Å²) in [5.74, 6) is 2.24. The second-order valence-corrected chi connectivity index (χ2v) is 4.78. The Morgan fingerprint density at radius 2 is 2.44 bits per heavy atom. The molecule has 1 aliphatic rings. The number of hydrogen-bond acceptors (Lipinski definition) is 3. The fourth-order valence-electron chi connectivity index (χ4n) is 2.29. The van der Waals surface area contributed by atoms with Gasteiger partial charge in [-0.2, -0.15) is 0 Å². The number of carbonyl (C=O) groups is 1. The first kappa shape index (κ1) is 12.9. The zero-order valence-electron chi connectivity index (χ0n) is 11.0. The standard InChI is InChI=1S/C14H20N2O2/c1-11-3-4-13(18-11)5-6-14(17)16-8-7-12(10-16)9-15-2/h3-6,12,15H,7-10H2,1-2H3/b6-5+. The third-order valence-corrected chi connectivity index (χ3v) is 3.24. The summed E-state index contributed by atoms with van der Waals surface area (Å²) in [7, 11) is 1.95. The molecule has 1 aromatic heterocycles. The molecule has 2 heterocycles. The van der Waals surface area contributed by atoms with Crippen molar-refractivity contribution in [1.82, 2.24) is 10.2 Å². The van der Waals surface area contributed by atoms with Crippen LogP contribution in [0.2, 0.25) is 0 Å². The van der Waals surface area contributed by atoms with Gasteiger partial charge in [-0.05, 0) is 51.1 Å². The van der Waals surface area contributed by atoms with Crippen LogP contribution in [-0.2, 0) is 4.79 Å². The minimum atomic E-state index is 0.0719.